The Labute approximate surface area is 136 Å². The van der Waals surface area contributed by atoms with E-state index in [0.29, 0.717) is 5.92 Å². The van der Waals surface area contributed by atoms with Gasteiger partial charge in [-0.2, -0.15) is 0 Å². The Morgan fingerprint density at radius 2 is 2.04 bits per heavy atom. The molecule has 23 heavy (non-hydrogen) atoms. The molecule has 1 saturated carbocycles. The van der Waals surface area contributed by atoms with Crippen LogP contribution < -0.4 is 0 Å². The highest BCUT2D eigenvalue weighted by molar-refractivity contribution is 5.95. The van der Waals surface area contributed by atoms with E-state index >= 15 is 0 Å². The van der Waals surface area contributed by atoms with Crippen molar-refractivity contribution in [2.75, 3.05) is 0 Å². The molecule has 1 fully saturated rings. The molecular weight excluding hydrogens is 286 g/mol. The predicted octanol–water partition coefficient (Wildman–Crippen LogP) is 4.74. The summed E-state index contributed by atoms with van der Waals surface area (Å²) >= 11 is 0. The fourth-order valence-corrected chi connectivity index (χ4v) is 4.28. The van der Waals surface area contributed by atoms with Gasteiger partial charge in [0.05, 0.1) is 23.4 Å². The summed E-state index contributed by atoms with van der Waals surface area (Å²) < 4.78 is 2.22. The average molecular weight is 309 g/mol. The molecule has 4 rings (SSSR count). The molecule has 4 heteroatoms. The number of hydrogen-bond acceptors (Lipinski definition) is 3. The van der Waals surface area contributed by atoms with Crippen molar-refractivity contribution < 1.29 is 5.21 Å². The van der Waals surface area contributed by atoms with Gasteiger partial charge in [-0.05, 0) is 24.8 Å². The van der Waals surface area contributed by atoms with Crippen LogP contribution in [0, 0.1) is 0 Å². The average Bonchev–Trinajstić information content (AvgIpc) is 3.16. The standard InChI is InChI=1S/C19H23N3O/c1-2-16(21-23)18-14-10-6-7-11-15(14)19-17(20-12-22(18)19)13-8-4-3-5-9-13/h6-7,10-13,18,23H,2-5,8-9H2,1H3/b21-16-. The summed E-state index contributed by atoms with van der Waals surface area (Å²) in [7, 11) is 0. The first-order valence-electron chi connectivity index (χ1n) is 8.72. The Kier molecular flexibility index (Phi) is 3.68. The number of benzene rings is 1. The Bertz CT molecular complexity index is 741. The van der Waals surface area contributed by atoms with E-state index in [-0.39, 0.29) is 6.04 Å². The van der Waals surface area contributed by atoms with Gasteiger partial charge in [-0.15, -0.1) is 0 Å². The lowest BCUT2D eigenvalue weighted by Gasteiger charge is -2.21. The van der Waals surface area contributed by atoms with Gasteiger partial charge in [0, 0.05) is 11.5 Å². The van der Waals surface area contributed by atoms with E-state index in [9.17, 15) is 5.21 Å². The third-order valence-corrected chi connectivity index (χ3v) is 5.41. The van der Waals surface area contributed by atoms with Crippen molar-refractivity contribution in [3.05, 3.63) is 41.9 Å². The number of nitrogens with zero attached hydrogens (tertiary/aromatic N) is 3. The fourth-order valence-electron chi connectivity index (χ4n) is 4.28. The molecule has 1 atom stereocenters. The van der Waals surface area contributed by atoms with Crippen LogP contribution in [0.15, 0.2) is 35.7 Å². The number of hydrogen-bond donors (Lipinski definition) is 1. The van der Waals surface area contributed by atoms with Crippen LogP contribution in [-0.2, 0) is 0 Å². The lowest BCUT2D eigenvalue weighted by molar-refractivity contribution is 0.314. The number of rotatable bonds is 3. The third kappa shape index (κ3) is 2.19. The molecule has 1 aliphatic carbocycles. The molecule has 1 N–H and O–H groups in total. The number of oxime groups is 1. The summed E-state index contributed by atoms with van der Waals surface area (Å²) in [4.78, 5) is 4.79. The largest absolute Gasteiger partial charge is 0.411 e. The highest BCUT2D eigenvalue weighted by Gasteiger charge is 2.35. The zero-order valence-electron chi connectivity index (χ0n) is 13.6. The van der Waals surface area contributed by atoms with Crippen molar-refractivity contribution >= 4 is 5.71 Å². The second-order valence-corrected chi connectivity index (χ2v) is 6.66. The molecule has 2 aliphatic rings. The van der Waals surface area contributed by atoms with Gasteiger partial charge in [-0.1, -0.05) is 55.6 Å². The molecule has 0 bridgehead atoms. The summed E-state index contributed by atoms with van der Waals surface area (Å²) in [6.45, 7) is 2.04. The van der Waals surface area contributed by atoms with Gasteiger partial charge in [0.15, 0.2) is 0 Å². The van der Waals surface area contributed by atoms with Gasteiger partial charge < -0.3 is 9.77 Å². The summed E-state index contributed by atoms with van der Waals surface area (Å²) in [5.41, 5.74) is 5.77. The summed E-state index contributed by atoms with van der Waals surface area (Å²) in [6.07, 6.45) is 9.12. The molecule has 1 aromatic carbocycles. The first kappa shape index (κ1) is 14.5. The van der Waals surface area contributed by atoms with Crippen molar-refractivity contribution in [3.63, 3.8) is 0 Å². The van der Waals surface area contributed by atoms with Crippen molar-refractivity contribution in [2.24, 2.45) is 5.16 Å². The molecule has 2 aromatic rings. The zero-order chi connectivity index (χ0) is 15.8. The van der Waals surface area contributed by atoms with Crippen LogP contribution in [0.1, 0.15) is 68.7 Å². The molecule has 0 saturated heterocycles. The Balaban J connectivity index is 1.86. The normalized spacial score (nSPS) is 21.3. The van der Waals surface area contributed by atoms with Crippen LogP contribution in [0.25, 0.3) is 11.3 Å². The minimum atomic E-state index is -0.0129. The highest BCUT2D eigenvalue weighted by atomic mass is 16.4. The molecule has 1 aromatic heterocycles. The van der Waals surface area contributed by atoms with Crippen molar-refractivity contribution in [3.8, 4) is 11.3 Å². The van der Waals surface area contributed by atoms with E-state index in [1.165, 1.54) is 54.6 Å². The second-order valence-electron chi connectivity index (χ2n) is 6.66. The van der Waals surface area contributed by atoms with Crippen molar-refractivity contribution in [1.82, 2.24) is 9.55 Å². The Morgan fingerprint density at radius 3 is 2.78 bits per heavy atom. The van der Waals surface area contributed by atoms with E-state index < -0.39 is 0 Å². The summed E-state index contributed by atoms with van der Waals surface area (Å²) in [6, 6.07) is 8.47. The minimum Gasteiger partial charge on any atom is -0.411 e. The molecule has 4 nitrogen and oxygen atoms in total. The first-order chi connectivity index (χ1) is 11.3. The minimum absolute atomic E-state index is 0.0129. The quantitative estimate of drug-likeness (QED) is 0.506. The fraction of sp³-hybridized carbons (Fsp3) is 0.474. The topological polar surface area (TPSA) is 50.4 Å². The van der Waals surface area contributed by atoms with Gasteiger partial charge in [-0.3, -0.25) is 0 Å². The number of imidazole rings is 1. The van der Waals surface area contributed by atoms with Crippen LogP contribution in [0.5, 0.6) is 0 Å². The molecule has 1 aliphatic heterocycles. The van der Waals surface area contributed by atoms with Crippen LogP contribution in [0.3, 0.4) is 0 Å². The van der Waals surface area contributed by atoms with Crippen molar-refractivity contribution in [2.45, 2.75) is 57.4 Å². The maximum absolute atomic E-state index is 9.45. The van der Waals surface area contributed by atoms with Crippen LogP contribution in [-0.4, -0.2) is 20.5 Å². The maximum Gasteiger partial charge on any atom is 0.102 e. The maximum atomic E-state index is 9.45. The molecule has 2 heterocycles. The van der Waals surface area contributed by atoms with Gasteiger partial charge in [0.2, 0.25) is 0 Å². The molecular formula is C19H23N3O. The monoisotopic (exact) mass is 309 g/mol. The summed E-state index contributed by atoms with van der Waals surface area (Å²) in [5.74, 6) is 0.572. The number of aromatic nitrogens is 2. The molecule has 0 radical (unpaired) electrons. The SMILES string of the molecule is CC/C(=N/O)C1c2ccccc2-c2c(C3CCCCC3)ncn21. The Morgan fingerprint density at radius 1 is 1.26 bits per heavy atom. The van der Waals surface area contributed by atoms with E-state index in [4.69, 9.17) is 4.98 Å². The van der Waals surface area contributed by atoms with Crippen LogP contribution in [0.4, 0.5) is 0 Å². The third-order valence-electron chi connectivity index (χ3n) is 5.41. The van der Waals surface area contributed by atoms with Gasteiger partial charge in [0.1, 0.15) is 6.04 Å². The zero-order valence-corrected chi connectivity index (χ0v) is 13.6. The number of fused-ring (bicyclic) bond motifs is 3. The van der Waals surface area contributed by atoms with Crippen LogP contribution in [0.2, 0.25) is 0 Å². The highest BCUT2D eigenvalue weighted by Crippen LogP contribution is 2.46. The Hall–Kier alpha value is -2.10. The molecule has 0 amide bonds. The van der Waals surface area contributed by atoms with Gasteiger partial charge >= 0.3 is 0 Å². The lowest BCUT2D eigenvalue weighted by atomic mass is 9.85. The molecule has 1 unspecified atom stereocenters. The smallest absolute Gasteiger partial charge is 0.102 e. The van der Waals surface area contributed by atoms with E-state index in [1.807, 2.05) is 13.3 Å². The van der Waals surface area contributed by atoms with E-state index in [1.54, 1.807) is 0 Å². The second kappa shape index (κ2) is 5.84. The summed E-state index contributed by atoms with van der Waals surface area (Å²) in [5, 5.41) is 13.0. The predicted molar refractivity (Wildman–Crippen MR) is 91.1 cm³/mol. The molecule has 120 valence electrons. The van der Waals surface area contributed by atoms with Gasteiger partial charge in [0.25, 0.3) is 0 Å². The van der Waals surface area contributed by atoms with E-state index in [2.05, 4.69) is 34.0 Å². The van der Waals surface area contributed by atoms with Gasteiger partial charge in [-0.25, -0.2) is 4.98 Å². The van der Waals surface area contributed by atoms with Crippen LogP contribution >= 0.6 is 0 Å². The molecule has 0 spiro atoms. The first-order valence-corrected chi connectivity index (χ1v) is 8.72. The lowest BCUT2D eigenvalue weighted by Crippen LogP contribution is -2.16. The van der Waals surface area contributed by atoms with E-state index in [0.717, 1.165) is 12.1 Å². The van der Waals surface area contributed by atoms with Crippen molar-refractivity contribution in [1.29, 1.82) is 0 Å².